The number of nitrogens with two attached hydrogens (primary N) is 1. The Morgan fingerprint density at radius 3 is 2.05 bits per heavy atom. The molecule has 0 saturated carbocycles. The fraction of sp³-hybridized carbons (Fsp3) is 0.800. The monoisotopic (exact) mass is 309 g/mol. The van der Waals surface area contributed by atoms with Crippen LogP contribution in [-0.4, -0.2) is 17.8 Å². The summed E-state index contributed by atoms with van der Waals surface area (Å²) in [5.41, 5.74) is 6.13. The summed E-state index contributed by atoms with van der Waals surface area (Å²) >= 11 is 0. The number of unbranched alkanes of at least 4 members (excludes halogenated alkanes) is 9. The van der Waals surface area contributed by atoms with E-state index in [4.69, 9.17) is 10.8 Å². The molecule has 0 radical (unpaired) electrons. The van der Waals surface area contributed by atoms with Gasteiger partial charge in [0.25, 0.3) is 0 Å². The normalized spacial score (nSPS) is 13.4. The van der Waals surface area contributed by atoms with Crippen LogP contribution in [0, 0.1) is 0 Å². The lowest BCUT2D eigenvalue weighted by molar-refractivity contribution is 0.342. The molecule has 0 heterocycles. The topological polar surface area (TPSA) is 46.2 Å². The van der Waals surface area contributed by atoms with Crippen LogP contribution in [0.4, 0.5) is 0 Å². The summed E-state index contributed by atoms with van der Waals surface area (Å²) in [6, 6.07) is 0.328. The van der Waals surface area contributed by atoms with Gasteiger partial charge < -0.3 is 10.8 Å². The van der Waals surface area contributed by atoms with Crippen LogP contribution < -0.4 is 5.73 Å². The fourth-order valence-electron chi connectivity index (χ4n) is 2.59. The van der Waals surface area contributed by atoms with Crippen molar-refractivity contribution >= 4 is 0 Å². The molecule has 0 aromatic heterocycles. The minimum Gasteiger partial charge on any atom is -0.392 e. The Labute approximate surface area is 138 Å². The maximum absolute atomic E-state index is 8.62. The highest BCUT2D eigenvalue weighted by atomic mass is 16.2. The summed E-state index contributed by atoms with van der Waals surface area (Å²) in [5, 5.41) is 8.62. The zero-order chi connectivity index (χ0) is 16.3. The molecule has 0 bridgehead atoms. The van der Waals surface area contributed by atoms with Crippen molar-refractivity contribution < 1.29 is 5.11 Å². The molecule has 0 amide bonds. The molecule has 0 aliphatic carbocycles. The van der Waals surface area contributed by atoms with Gasteiger partial charge in [0.2, 0.25) is 0 Å². The molecule has 0 rings (SSSR count). The molecule has 2 nitrogen and oxygen atoms in total. The summed E-state index contributed by atoms with van der Waals surface area (Å²) in [5.74, 6) is 0. The van der Waals surface area contributed by atoms with E-state index in [1.165, 1.54) is 64.2 Å². The van der Waals surface area contributed by atoms with Crippen LogP contribution in [0.2, 0.25) is 0 Å². The van der Waals surface area contributed by atoms with Gasteiger partial charge in [0.05, 0.1) is 6.61 Å². The molecule has 0 aliphatic rings. The Kier molecular flexibility index (Phi) is 17.9. The highest BCUT2D eigenvalue weighted by molar-refractivity contribution is 4.85. The zero-order valence-electron chi connectivity index (χ0n) is 14.8. The third-order valence-corrected chi connectivity index (χ3v) is 4.05. The predicted molar refractivity (Wildman–Crippen MR) is 99.0 cm³/mol. The van der Waals surface area contributed by atoms with Crippen LogP contribution in [0.3, 0.4) is 0 Å². The first-order valence-electron chi connectivity index (χ1n) is 9.47. The second-order valence-electron chi connectivity index (χ2n) is 6.32. The van der Waals surface area contributed by atoms with Crippen LogP contribution in [0.15, 0.2) is 24.3 Å². The second kappa shape index (κ2) is 18.4. The van der Waals surface area contributed by atoms with Crippen molar-refractivity contribution in [2.24, 2.45) is 5.73 Å². The van der Waals surface area contributed by atoms with Gasteiger partial charge in [-0.15, -0.1) is 0 Å². The quantitative estimate of drug-likeness (QED) is 0.292. The number of hydrogen-bond donors (Lipinski definition) is 2. The van der Waals surface area contributed by atoms with E-state index in [0.29, 0.717) is 6.04 Å². The van der Waals surface area contributed by atoms with Gasteiger partial charge >= 0.3 is 0 Å². The van der Waals surface area contributed by atoms with E-state index in [0.717, 1.165) is 19.3 Å². The fourth-order valence-corrected chi connectivity index (χ4v) is 2.59. The molecule has 2 heteroatoms. The van der Waals surface area contributed by atoms with E-state index in [1.54, 1.807) is 0 Å². The number of hydrogen-bond acceptors (Lipinski definition) is 2. The SMILES string of the molecule is CCCCCCCC/C=C\CC(N)CCCCCC=CCO. The highest BCUT2D eigenvalue weighted by Crippen LogP contribution is 2.09. The minimum absolute atomic E-state index is 0.163. The summed E-state index contributed by atoms with van der Waals surface area (Å²) in [6.07, 6.45) is 24.8. The Balaban J connectivity index is 3.28. The van der Waals surface area contributed by atoms with Crippen molar-refractivity contribution in [3.05, 3.63) is 24.3 Å². The van der Waals surface area contributed by atoms with E-state index in [2.05, 4.69) is 25.2 Å². The van der Waals surface area contributed by atoms with E-state index in [9.17, 15) is 0 Å². The van der Waals surface area contributed by atoms with E-state index < -0.39 is 0 Å². The Bertz CT molecular complexity index is 260. The second-order valence-corrected chi connectivity index (χ2v) is 6.32. The third-order valence-electron chi connectivity index (χ3n) is 4.05. The molecule has 0 aliphatic heterocycles. The van der Waals surface area contributed by atoms with Crippen molar-refractivity contribution in [1.29, 1.82) is 0 Å². The molecule has 130 valence electrons. The molecule has 0 spiro atoms. The van der Waals surface area contributed by atoms with E-state index in [1.807, 2.05) is 6.08 Å². The summed E-state index contributed by atoms with van der Waals surface area (Å²) < 4.78 is 0. The Morgan fingerprint density at radius 1 is 0.773 bits per heavy atom. The summed E-state index contributed by atoms with van der Waals surface area (Å²) in [7, 11) is 0. The zero-order valence-corrected chi connectivity index (χ0v) is 14.8. The Morgan fingerprint density at radius 2 is 1.36 bits per heavy atom. The number of rotatable bonds is 16. The first-order valence-corrected chi connectivity index (χ1v) is 9.47. The molecule has 1 atom stereocenters. The van der Waals surface area contributed by atoms with Gasteiger partial charge in [-0.1, -0.05) is 76.2 Å². The maximum Gasteiger partial charge on any atom is 0.0612 e. The van der Waals surface area contributed by atoms with Gasteiger partial charge in [-0.2, -0.15) is 0 Å². The molecule has 0 aromatic carbocycles. The largest absolute Gasteiger partial charge is 0.392 e. The van der Waals surface area contributed by atoms with Crippen molar-refractivity contribution in [1.82, 2.24) is 0 Å². The summed E-state index contributed by atoms with van der Waals surface area (Å²) in [6.45, 7) is 2.43. The molecule has 0 fully saturated rings. The molecule has 3 N–H and O–H groups in total. The molecule has 22 heavy (non-hydrogen) atoms. The van der Waals surface area contributed by atoms with Crippen LogP contribution in [0.25, 0.3) is 0 Å². The average molecular weight is 310 g/mol. The van der Waals surface area contributed by atoms with Crippen molar-refractivity contribution in [3.8, 4) is 0 Å². The molecule has 0 saturated heterocycles. The van der Waals surface area contributed by atoms with Gasteiger partial charge in [0.1, 0.15) is 0 Å². The highest BCUT2D eigenvalue weighted by Gasteiger charge is 1.99. The molecular weight excluding hydrogens is 270 g/mol. The van der Waals surface area contributed by atoms with Crippen LogP contribution in [0.5, 0.6) is 0 Å². The van der Waals surface area contributed by atoms with Crippen molar-refractivity contribution in [2.45, 2.75) is 96.4 Å². The minimum atomic E-state index is 0.163. The molecule has 1 unspecified atom stereocenters. The maximum atomic E-state index is 8.62. The first-order chi connectivity index (χ1) is 10.8. The van der Waals surface area contributed by atoms with Crippen LogP contribution in [-0.2, 0) is 0 Å². The van der Waals surface area contributed by atoms with Crippen molar-refractivity contribution in [3.63, 3.8) is 0 Å². The first kappa shape index (κ1) is 21.4. The van der Waals surface area contributed by atoms with Gasteiger partial charge in [0.15, 0.2) is 0 Å². The van der Waals surface area contributed by atoms with Gasteiger partial charge in [-0.05, 0) is 38.5 Å². The lowest BCUT2D eigenvalue weighted by atomic mass is 10.0. The van der Waals surface area contributed by atoms with E-state index >= 15 is 0 Å². The van der Waals surface area contributed by atoms with Crippen molar-refractivity contribution in [2.75, 3.05) is 6.61 Å². The lowest BCUT2D eigenvalue weighted by Gasteiger charge is -2.08. The smallest absolute Gasteiger partial charge is 0.0612 e. The van der Waals surface area contributed by atoms with Gasteiger partial charge in [-0.25, -0.2) is 0 Å². The third kappa shape index (κ3) is 17.5. The lowest BCUT2D eigenvalue weighted by Crippen LogP contribution is -2.18. The molecular formula is C20H39NO. The van der Waals surface area contributed by atoms with Gasteiger partial charge in [0, 0.05) is 6.04 Å². The van der Waals surface area contributed by atoms with E-state index in [-0.39, 0.29) is 6.61 Å². The Hall–Kier alpha value is -0.600. The summed E-state index contributed by atoms with van der Waals surface area (Å²) in [4.78, 5) is 0. The number of allylic oxidation sites excluding steroid dienone is 2. The van der Waals surface area contributed by atoms with Crippen LogP contribution >= 0.6 is 0 Å². The van der Waals surface area contributed by atoms with Gasteiger partial charge in [-0.3, -0.25) is 0 Å². The van der Waals surface area contributed by atoms with Crippen LogP contribution in [0.1, 0.15) is 90.4 Å². The standard InChI is InChI=1S/C20H39NO/c1-2-3-4-5-6-7-8-11-14-17-20(21)18-15-12-9-10-13-16-19-22/h11,13-14,16,20,22H,2-10,12,15,17-19,21H2,1H3/b14-11-,16-13?. The number of aliphatic hydroxyl groups is 1. The average Bonchev–Trinajstić information content (AvgIpc) is 2.52. The molecule has 0 aromatic rings. The number of aliphatic hydroxyl groups excluding tert-OH is 1. The predicted octanol–water partition coefficient (Wildman–Crippen LogP) is 5.51.